The van der Waals surface area contributed by atoms with Crippen molar-refractivity contribution >= 4 is 25.0 Å². The average Bonchev–Trinajstić information content (AvgIpc) is 3.65. The third-order valence-corrected chi connectivity index (χ3v) is 9.64. The molecule has 0 saturated carbocycles. The number of fused-ring (bicyclic) bond motifs is 2. The van der Waals surface area contributed by atoms with Crippen molar-refractivity contribution in [3.63, 3.8) is 0 Å². The summed E-state index contributed by atoms with van der Waals surface area (Å²) in [6, 6.07) is 18.7. The zero-order valence-electron chi connectivity index (χ0n) is 24.5. The van der Waals surface area contributed by atoms with Gasteiger partial charge in [0, 0.05) is 37.9 Å². The zero-order valence-corrected chi connectivity index (χ0v) is 25.5. The van der Waals surface area contributed by atoms with Crippen LogP contribution in [0.15, 0.2) is 60.7 Å². The Hall–Kier alpha value is -3.61. The number of amides is 1. The lowest BCUT2D eigenvalue weighted by molar-refractivity contribution is 0.00478. The molecule has 11 heteroatoms. The highest BCUT2D eigenvalue weighted by Gasteiger charge is 2.48. The number of aromatic nitrogens is 2. The van der Waals surface area contributed by atoms with Crippen molar-refractivity contribution in [3.05, 3.63) is 72.0 Å². The molecule has 2 aliphatic heterocycles. The Labute approximate surface area is 250 Å². The second kappa shape index (κ2) is 11.8. The van der Waals surface area contributed by atoms with Gasteiger partial charge >= 0.3 is 0 Å². The number of primary amides is 1. The summed E-state index contributed by atoms with van der Waals surface area (Å²) in [5.41, 5.74) is 9.56. The molecule has 4 heterocycles. The first-order valence-corrected chi connectivity index (χ1v) is 18.1. The number of halogens is 1. The third-order valence-electron chi connectivity index (χ3n) is 7.93. The van der Waals surface area contributed by atoms with Crippen LogP contribution in [0.5, 0.6) is 5.88 Å². The molecule has 9 nitrogen and oxygen atoms in total. The van der Waals surface area contributed by atoms with Gasteiger partial charge in [-0.15, -0.1) is 0 Å². The van der Waals surface area contributed by atoms with Crippen LogP contribution in [0.3, 0.4) is 0 Å². The number of carbonyl (C=O) groups excluding carboxylic acids is 1. The Morgan fingerprint density at radius 2 is 1.67 bits per heavy atom. The molecule has 4 aromatic rings. The number of pyridine rings is 1. The smallest absolute Gasteiger partial charge is 0.248 e. The van der Waals surface area contributed by atoms with Gasteiger partial charge in [-0.05, 0) is 29.3 Å². The van der Waals surface area contributed by atoms with Gasteiger partial charge in [0.2, 0.25) is 5.91 Å². The second-order valence-electron chi connectivity index (χ2n) is 12.3. The van der Waals surface area contributed by atoms with Crippen LogP contribution >= 0.6 is 0 Å². The van der Waals surface area contributed by atoms with E-state index in [0.29, 0.717) is 34.6 Å². The number of carbonyl (C=O) groups is 1. The van der Waals surface area contributed by atoms with Gasteiger partial charge in [-0.25, -0.2) is 9.37 Å². The van der Waals surface area contributed by atoms with Gasteiger partial charge in [-0.1, -0.05) is 56.0 Å². The van der Waals surface area contributed by atoms with Gasteiger partial charge in [0.15, 0.2) is 17.8 Å². The van der Waals surface area contributed by atoms with Crippen LogP contribution in [0.4, 0.5) is 4.39 Å². The number of benzene rings is 2. The minimum atomic E-state index is -1.30. The van der Waals surface area contributed by atoms with E-state index in [4.69, 9.17) is 29.7 Å². The predicted octanol–water partition coefficient (Wildman–Crippen LogP) is 4.83. The van der Waals surface area contributed by atoms with Crippen molar-refractivity contribution in [2.75, 3.05) is 19.8 Å². The Balaban J connectivity index is 1.29. The SMILES string of the molecule is C[Si](C)(C)CCOCn1c(O[C@@H]2CO[C@H]3[C@@H]2OC[C@H]3O)cc2nc(-c3ccc(-c4ccc(C(N)=O)cc4)cc3)c(F)cc21. The van der Waals surface area contributed by atoms with E-state index in [-0.39, 0.29) is 31.7 Å². The van der Waals surface area contributed by atoms with Gasteiger partial charge < -0.3 is 29.8 Å². The van der Waals surface area contributed by atoms with Gasteiger partial charge in [0.05, 0.1) is 24.2 Å². The first-order valence-electron chi connectivity index (χ1n) is 14.4. The Bertz CT molecular complexity index is 1620. The van der Waals surface area contributed by atoms with E-state index in [1.54, 1.807) is 22.8 Å². The third kappa shape index (κ3) is 6.22. The standard InChI is InChI=1S/C32H36FN3O6Si/c1-43(2,3)13-12-39-18-36-25-14-23(33)29(21-8-4-19(5-9-21)20-6-10-22(11-7-20)32(34)38)35-24(25)15-28(36)42-27-17-41-30-26(37)16-40-31(27)30/h4-11,14-15,26-27,30-31,37H,12-13,16-18H2,1-3H3,(H2,34,38)/t26-,27-,30-,31-/m1/s1. The van der Waals surface area contributed by atoms with Gasteiger partial charge in [-0.3, -0.25) is 9.36 Å². The highest BCUT2D eigenvalue weighted by atomic mass is 28.3. The Morgan fingerprint density at radius 3 is 2.35 bits per heavy atom. The normalized spacial score (nSPS) is 21.8. The minimum Gasteiger partial charge on any atom is -0.470 e. The molecule has 0 bridgehead atoms. The van der Waals surface area contributed by atoms with Crippen molar-refractivity contribution in [2.45, 2.75) is 56.8 Å². The van der Waals surface area contributed by atoms with Crippen LogP contribution in [0.25, 0.3) is 33.4 Å². The van der Waals surface area contributed by atoms with Crippen LogP contribution in [0.1, 0.15) is 10.4 Å². The predicted molar refractivity (Wildman–Crippen MR) is 163 cm³/mol. The summed E-state index contributed by atoms with van der Waals surface area (Å²) in [5.74, 6) is -0.475. The molecule has 3 N–H and O–H groups in total. The Morgan fingerprint density at radius 1 is 1.02 bits per heavy atom. The molecule has 0 unspecified atom stereocenters. The van der Waals surface area contributed by atoms with E-state index in [1.807, 2.05) is 36.4 Å². The van der Waals surface area contributed by atoms with E-state index >= 15 is 4.39 Å². The van der Waals surface area contributed by atoms with Crippen LogP contribution in [0, 0.1) is 5.82 Å². The summed E-state index contributed by atoms with van der Waals surface area (Å²) in [4.78, 5) is 16.1. The highest BCUT2D eigenvalue weighted by Crippen LogP contribution is 2.34. The maximum absolute atomic E-state index is 15.6. The molecule has 0 radical (unpaired) electrons. The summed E-state index contributed by atoms with van der Waals surface area (Å²) in [6.45, 7) is 8.10. The molecule has 0 spiro atoms. The summed E-state index contributed by atoms with van der Waals surface area (Å²) >= 11 is 0. The number of nitrogens with two attached hydrogens (primary N) is 1. The van der Waals surface area contributed by atoms with Crippen LogP contribution < -0.4 is 10.5 Å². The fourth-order valence-electron chi connectivity index (χ4n) is 5.44. The topological polar surface area (TPSA) is 118 Å². The molecular weight excluding hydrogens is 569 g/mol. The lowest BCUT2D eigenvalue weighted by atomic mass is 10.0. The molecule has 6 rings (SSSR count). The molecule has 226 valence electrons. The number of rotatable bonds is 10. The largest absolute Gasteiger partial charge is 0.470 e. The van der Waals surface area contributed by atoms with Crippen molar-refractivity contribution in [1.29, 1.82) is 0 Å². The van der Waals surface area contributed by atoms with Crippen molar-refractivity contribution in [1.82, 2.24) is 9.55 Å². The summed E-state index contributed by atoms with van der Waals surface area (Å²) < 4.78 is 41.3. The molecule has 2 saturated heterocycles. The monoisotopic (exact) mass is 605 g/mol. The Kier molecular flexibility index (Phi) is 8.09. The summed E-state index contributed by atoms with van der Waals surface area (Å²) in [5, 5.41) is 10.1. The van der Waals surface area contributed by atoms with Crippen LogP contribution in [-0.2, 0) is 20.9 Å². The number of aliphatic hydroxyl groups is 1. The molecule has 1 amide bonds. The number of aliphatic hydroxyl groups excluding tert-OH is 1. The van der Waals surface area contributed by atoms with E-state index in [9.17, 15) is 9.90 Å². The summed E-state index contributed by atoms with van der Waals surface area (Å²) in [6.07, 6.45) is -1.93. The van der Waals surface area contributed by atoms with E-state index in [1.165, 1.54) is 6.07 Å². The molecule has 2 aromatic carbocycles. The number of hydrogen-bond donors (Lipinski definition) is 2. The van der Waals surface area contributed by atoms with Gasteiger partial charge in [0.25, 0.3) is 0 Å². The molecule has 0 aliphatic carbocycles. The summed E-state index contributed by atoms with van der Waals surface area (Å²) in [7, 11) is -1.30. The number of ether oxygens (including phenoxy) is 4. The lowest BCUT2D eigenvalue weighted by Crippen LogP contribution is -2.35. The van der Waals surface area contributed by atoms with E-state index < -0.39 is 38.1 Å². The van der Waals surface area contributed by atoms with E-state index in [2.05, 4.69) is 19.6 Å². The number of nitrogens with zero attached hydrogens (tertiary/aromatic N) is 2. The fraction of sp³-hybridized carbons (Fsp3) is 0.375. The number of hydrogen-bond acceptors (Lipinski definition) is 7. The van der Waals surface area contributed by atoms with E-state index in [0.717, 1.165) is 17.2 Å². The maximum atomic E-state index is 15.6. The van der Waals surface area contributed by atoms with Crippen molar-refractivity contribution in [3.8, 4) is 28.3 Å². The van der Waals surface area contributed by atoms with Crippen LogP contribution in [0.2, 0.25) is 25.7 Å². The first kappa shape index (κ1) is 29.5. The molecular formula is C32H36FN3O6Si. The second-order valence-corrected chi connectivity index (χ2v) is 17.9. The molecule has 2 aromatic heterocycles. The first-order chi connectivity index (χ1) is 20.6. The molecule has 4 atom stereocenters. The average molecular weight is 606 g/mol. The lowest BCUT2D eigenvalue weighted by Gasteiger charge is -2.20. The fourth-order valence-corrected chi connectivity index (χ4v) is 6.20. The van der Waals surface area contributed by atoms with Crippen molar-refractivity contribution < 1.29 is 33.2 Å². The molecule has 2 aliphatic rings. The minimum absolute atomic E-state index is 0.179. The van der Waals surface area contributed by atoms with Crippen LogP contribution in [-0.4, -0.2) is 72.9 Å². The highest BCUT2D eigenvalue weighted by molar-refractivity contribution is 6.76. The molecule has 2 fully saturated rings. The van der Waals surface area contributed by atoms with Crippen molar-refractivity contribution in [2.24, 2.45) is 5.73 Å². The molecule has 43 heavy (non-hydrogen) atoms. The van der Waals surface area contributed by atoms with Gasteiger partial charge in [-0.2, -0.15) is 0 Å². The maximum Gasteiger partial charge on any atom is 0.248 e. The zero-order chi connectivity index (χ0) is 30.3. The van der Waals surface area contributed by atoms with Gasteiger partial charge in [0.1, 0.15) is 30.7 Å². The quantitative estimate of drug-likeness (QED) is 0.196.